The molecule has 1 aliphatic carbocycles. The molecule has 1 aliphatic heterocycles. The maximum Gasteiger partial charge on any atom is 0.290 e. The van der Waals surface area contributed by atoms with Crippen molar-refractivity contribution in [3.8, 4) is 11.3 Å². The topological polar surface area (TPSA) is 108 Å². The van der Waals surface area contributed by atoms with Crippen molar-refractivity contribution in [2.24, 2.45) is 9.98 Å². The lowest BCUT2D eigenvalue weighted by molar-refractivity contribution is -0.115. The number of nitrogens with one attached hydrogen (secondary N) is 3. The number of hydrogen-bond donors (Lipinski definition) is 3. The van der Waals surface area contributed by atoms with E-state index in [2.05, 4.69) is 51.9 Å². The molecule has 0 spiro atoms. The van der Waals surface area contributed by atoms with Crippen molar-refractivity contribution in [2.45, 2.75) is 51.2 Å². The molecule has 182 valence electrons. The normalized spacial score (nSPS) is 22.4. The number of carbonyl (C=O) groups excluding carboxylic acids is 2. The van der Waals surface area contributed by atoms with Crippen LogP contribution in [0.3, 0.4) is 0 Å². The van der Waals surface area contributed by atoms with Gasteiger partial charge in [0.1, 0.15) is 5.76 Å². The van der Waals surface area contributed by atoms with Crippen LogP contribution in [0.4, 0.5) is 4.79 Å². The number of aliphatic imine (C=N–C) groups is 2. The summed E-state index contributed by atoms with van der Waals surface area (Å²) in [5.41, 5.74) is 2.94. The summed E-state index contributed by atoms with van der Waals surface area (Å²) in [6.07, 6.45) is 9.05. The summed E-state index contributed by atoms with van der Waals surface area (Å²) in [5, 5.41) is 8.66. The van der Waals surface area contributed by atoms with Gasteiger partial charge in [0.05, 0.1) is 17.2 Å². The van der Waals surface area contributed by atoms with E-state index in [1.54, 1.807) is 18.4 Å². The van der Waals surface area contributed by atoms with Crippen LogP contribution in [0.2, 0.25) is 0 Å². The van der Waals surface area contributed by atoms with Crippen molar-refractivity contribution in [3.63, 3.8) is 0 Å². The zero-order valence-electron chi connectivity index (χ0n) is 19.6. The molecule has 2 amide bonds. The van der Waals surface area contributed by atoms with Crippen LogP contribution in [0, 0.1) is 0 Å². The molecule has 1 aromatic heterocycles. The predicted octanol–water partition coefficient (Wildman–Crippen LogP) is 4.76. The Morgan fingerprint density at radius 2 is 2.06 bits per heavy atom. The van der Waals surface area contributed by atoms with Crippen LogP contribution in [0.25, 0.3) is 11.3 Å². The van der Waals surface area contributed by atoms with Crippen molar-refractivity contribution >= 4 is 35.6 Å². The Balaban J connectivity index is 1.27. The molecule has 0 unspecified atom stereocenters. The van der Waals surface area contributed by atoms with E-state index in [1.807, 2.05) is 19.1 Å². The lowest BCUT2D eigenvalue weighted by Gasteiger charge is -2.27. The van der Waals surface area contributed by atoms with Gasteiger partial charge in [0.15, 0.2) is 0 Å². The molecule has 3 N–H and O–H groups in total. The van der Waals surface area contributed by atoms with Crippen molar-refractivity contribution in [3.05, 3.63) is 71.0 Å². The number of thioether (sulfide) groups is 1. The molecular weight excluding hydrogens is 462 g/mol. The first-order chi connectivity index (χ1) is 17.0. The minimum atomic E-state index is -0.398. The Hall–Kier alpha value is -3.43. The van der Waals surface area contributed by atoms with Crippen molar-refractivity contribution in [2.75, 3.05) is 0 Å². The fraction of sp³-hybridized carbons (Fsp3) is 0.308. The smallest absolute Gasteiger partial charge is 0.290 e. The van der Waals surface area contributed by atoms with Crippen LogP contribution in [0.5, 0.6) is 0 Å². The molecule has 35 heavy (non-hydrogen) atoms. The van der Waals surface area contributed by atoms with E-state index in [1.165, 1.54) is 5.56 Å². The predicted molar refractivity (Wildman–Crippen MR) is 140 cm³/mol. The lowest BCUT2D eigenvalue weighted by atomic mass is 9.91. The molecule has 0 bridgehead atoms. The summed E-state index contributed by atoms with van der Waals surface area (Å²) in [7, 11) is 0. The highest BCUT2D eigenvalue weighted by Gasteiger charge is 2.25. The fourth-order valence-electron chi connectivity index (χ4n) is 4.12. The molecule has 8 nitrogen and oxygen atoms in total. The van der Waals surface area contributed by atoms with E-state index >= 15 is 0 Å². The average Bonchev–Trinajstić information content (AvgIpc) is 3.52. The van der Waals surface area contributed by atoms with Gasteiger partial charge >= 0.3 is 0 Å². The molecule has 9 heteroatoms. The van der Waals surface area contributed by atoms with E-state index < -0.39 is 5.91 Å². The summed E-state index contributed by atoms with van der Waals surface area (Å²) < 4.78 is 5.51. The van der Waals surface area contributed by atoms with Crippen molar-refractivity contribution < 1.29 is 14.0 Å². The highest BCUT2D eigenvalue weighted by molar-refractivity contribution is 8.18. The molecule has 1 saturated carbocycles. The zero-order chi connectivity index (χ0) is 24.6. The van der Waals surface area contributed by atoms with Gasteiger partial charge in [0.25, 0.3) is 11.1 Å². The van der Waals surface area contributed by atoms with Gasteiger partial charge in [-0.3, -0.25) is 14.9 Å². The summed E-state index contributed by atoms with van der Waals surface area (Å²) >= 11 is 0.874. The van der Waals surface area contributed by atoms with E-state index in [-0.39, 0.29) is 11.3 Å². The summed E-state index contributed by atoms with van der Waals surface area (Å²) in [4.78, 5) is 32.3. The molecule has 2 aliphatic rings. The number of guanidine groups is 1. The minimum Gasteiger partial charge on any atom is -0.464 e. The van der Waals surface area contributed by atoms with Gasteiger partial charge in [0, 0.05) is 23.8 Å². The van der Waals surface area contributed by atoms with E-state index in [0.29, 0.717) is 22.6 Å². The van der Waals surface area contributed by atoms with Gasteiger partial charge < -0.3 is 15.1 Å². The van der Waals surface area contributed by atoms with Gasteiger partial charge in [-0.25, -0.2) is 9.98 Å². The SMILES string of the molecule is C=NC(=NC1CCC(NCc2cccc(-c3ccco3)c2)CC1)NC(=C\C)/C=C1\SC(=O)NC1=O. The third-order valence-electron chi connectivity index (χ3n) is 5.97. The monoisotopic (exact) mass is 491 g/mol. The number of furan rings is 1. The van der Waals surface area contributed by atoms with Crippen LogP contribution in [-0.2, 0) is 11.3 Å². The number of hydrogen-bond acceptors (Lipinski definition) is 6. The van der Waals surface area contributed by atoms with Crippen LogP contribution in [0.1, 0.15) is 38.2 Å². The van der Waals surface area contributed by atoms with Crippen LogP contribution >= 0.6 is 11.8 Å². The first kappa shape index (κ1) is 24.7. The van der Waals surface area contributed by atoms with Gasteiger partial charge in [-0.05, 0) is 80.9 Å². The Morgan fingerprint density at radius 1 is 1.23 bits per heavy atom. The number of imide groups is 1. The Bertz CT molecular complexity index is 1160. The second-order valence-electron chi connectivity index (χ2n) is 8.40. The number of allylic oxidation sites excluding steroid dienone is 2. The molecule has 4 rings (SSSR count). The van der Waals surface area contributed by atoms with Crippen LogP contribution in [0.15, 0.2) is 79.8 Å². The molecule has 0 atom stereocenters. The molecule has 1 aromatic carbocycles. The fourth-order valence-corrected chi connectivity index (χ4v) is 4.79. The number of carbonyl (C=O) groups is 2. The highest BCUT2D eigenvalue weighted by atomic mass is 32.2. The molecule has 2 fully saturated rings. The third kappa shape index (κ3) is 6.80. The highest BCUT2D eigenvalue weighted by Crippen LogP contribution is 2.25. The average molecular weight is 492 g/mol. The molecule has 2 heterocycles. The number of benzene rings is 1. The molecule has 0 radical (unpaired) electrons. The first-order valence-corrected chi connectivity index (χ1v) is 12.4. The summed E-state index contributed by atoms with van der Waals surface area (Å²) in [5.74, 6) is 0.891. The zero-order valence-corrected chi connectivity index (χ0v) is 20.4. The Labute approximate surface area is 209 Å². The third-order valence-corrected chi connectivity index (χ3v) is 6.79. The maximum atomic E-state index is 11.8. The van der Waals surface area contributed by atoms with E-state index in [9.17, 15) is 9.59 Å². The van der Waals surface area contributed by atoms with Crippen LogP contribution < -0.4 is 16.0 Å². The summed E-state index contributed by atoms with van der Waals surface area (Å²) in [6.45, 7) is 6.27. The Morgan fingerprint density at radius 3 is 2.71 bits per heavy atom. The molecular formula is C26H29N5O3S. The lowest BCUT2D eigenvalue weighted by Crippen LogP contribution is -2.34. The maximum absolute atomic E-state index is 11.8. The van der Waals surface area contributed by atoms with Crippen molar-refractivity contribution in [1.82, 2.24) is 16.0 Å². The minimum absolute atomic E-state index is 0.153. The van der Waals surface area contributed by atoms with Crippen molar-refractivity contribution in [1.29, 1.82) is 0 Å². The standard InChI is InChI=1S/C26H29N5O3S/c1-3-19(15-23-24(32)31-26(33)35-23)29-25(27-2)30-21-11-9-20(10-12-21)28-16-17-6-4-7-18(14-17)22-8-5-13-34-22/h3-8,13-15,20-21,28H,2,9-12,16H2,1H3,(H,29,30)(H,31,32,33)/b19-3-,23-15-. The Kier molecular flexibility index (Phi) is 8.33. The van der Waals surface area contributed by atoms with Gasteiger partial charge in [-0.2, -0.15) is 0 Å². The number of nitrogens with zero attached hydrogens (tertiary/aromatic N) is 2. The summed E-state index contributed by atoms with van der Waals surface area (Å²) in [6, 6.07) is 12.9. The second-order valence-corrected chi connectivity index (χ2v) is 9.41. The molecule has 2 aromatic rings. The molecule has 1 saturated heterocycles. The van der Waals surface area contributed by atoms with Gasteiger partial charge in [0.2, 0.25) is 5.96 Å². The van der Waals surface area contributed by atoms with E-state index in [0.717, 1.165) is 55.3 Å². The quantitative estimate of drug-likeness (QED) is 0.293. The van der Waals surface area contributed by atoms with Gasteiger partial charge in [-0.1, -0.05) is 24.3 Å². The number of rotatable bonds is 7. The first-order valence-electron chi connectivity index (χ1n) is 11.6. The second kappa shape index (κ2) is 11.8. The van der Waals surface area contributed by atoms with Crippen LogP contribution in [-0.4, -0.2) is 35.9 Å². The largest absolute Gasteiger partial charge is 0.464 e. The van der Waals surface area contributed by atoms with Gasteiger partial charge in [-0.15, -0.1) is 0 Å². The van der Waals surface area contributed by atoms with E-state index in [4.69, 9.17) is 9.41 Å². The number of amides is 2.